The Bertz CT molecular complexity index is 127. The van der Waals surface area contributed by atoms with Gasteiger partial charge in [0, 0.05) is 15.7 Å². The third-order valence-corrected chi connectivity index (χ3v) is 0. The Labute approximate surface area is 80.6 Å². The molecular formula is HCaNO6S. The predicted molar refractivity (Wildman–Crippen MR) is 23.9 cm³/mol. The number of hydrogen-bond donors (Lipinski definition) is 1. The van der Waals surface area contributed by atoms with Crippen LogP contribution in [0, 0.1) is 10.1 Å². The van der Waals surface area contributed by atoms with Crippen molar-refractivity contribution in [2.75, 3.05) is 0 Å². The van der Waals surface area contributed by atoms with Gasteiger partial charge < -0.3 is 9.11 Å². The molecule has 0 saturated carbocycles. The van der Waals surface area contributed by atoms with E-state index in [0.29, 0.717) is 0 Å². The van der Waals surface area contributed by atoms with Crippen LogP contribution in [0.1, 0.15) is 0 Å². The van der Waals surface area contributed by atoms with Crippen LogP contribution in [0.15, 0.2) is 0 Å². The van der Waals surface area contributed by atoms with E-state index in [0.717, 1.165) is 0 Å². The molecule has 0 aliphatic carbocycles. The molecule has 0 spiro atoms. The molecule has 9 heteroatoms. The summed E-state index contributed by atoms with van der Waals surface area (Å²) in [7, 11) is -5.17. The summed E-state index contributed by atoms with van der Waals surface area (Å²) in [6, 6.07) is 0. The SMILES string of the molecule is O=S(=O)([O-])[O-].O=[NH+][O-].[Ca+2]. The summed E-state index contributed by atoms with van der Waals surface area (Å²) in [5, 5.41) is 8.38. The van der Waals surface area contributed by atoms with E-state index in [-0.39, 0.29) is 43.1 Å². The van der Waals surface area contributed by atoms with Gasteiger partial charge in [0.15, 0.2) is 0 Å². The van der Waals surface area contributed by atoms with Crippen molar-refractivity contribution in [2.45, 2.75) is 0 Å². The molecule has 0 rings (SSSR count). The molecule has 0 heterocycles. The zero-order chi connectivity index (χ0) is 7.21. The van der Waals surface area contributed by atoms with E-state index in [4.69, 9.17) is 27.6 Å². The fourth-order valence-electron chi connectivity index (χ4n) is 0. The zero-order valence-electron chi connectivity index (χ0n) is 4.06. The van der Waals surface area contributed by atoms with Gasteiger partial charge in [-0.2, -0.15) is 0 Å². The first-order valence-corrected chi connectivity index (χ1v) is 2.41. The van der Waals surface area contributed by atoms with Crippen molar-refractivity contribution in [3.63, 3.8) is 0 Å². The van der Waals surface area contributed by atoms with Crippen LogP contribution in [-0.4, -0.2) is 55.3 Å². The summed E-state index contributed by atoms with van der Waals surface area (Å²) in [5.41, 5.74) is 0. The second-order valence-electron chi connectivity index (χ2n) is 0.492. The first kappa shape index (κ1) is 16.3. The molecule has 0 amide bonds. The maximum Gasteiger partial charge on any atom is 2.00 e. The summed E-state index contributed by atoms with van der Waals surface area (Å²) in [6.45, 7) is 0. The molecule has 0 aliphatic rings. The molecule has 1 N–H and O–H groups in total. The average Bonchev–Trinajstić information content (AvgIpc) is 1.27. The van der Waals surface area contributed by atoms with Crippen LogP contribution >= 0.6 is 0 Å². The second kappa shape index (κ2) is 8.53. The summed E-state index contributed by atoms with van der Waals surface area (Å²) in [6.07, 6.45) is 0. The van der Waals surface area contributed by atoms with Gasteiger partial charge in [0.25, 0.3) is 0 Å². The van der Waals surface area contributed by atoms with Gasteiger partial charge in [-0.3, -0.25) is 18.5 Å². The molecule has 0 bridgehead atoms. The van der Waals surface area contributed by atoms with E-state index in [1.54, 1.807) is 0 Å². The maximum absolute atomic E-state index is 8.52. The van der Waals surface area contributed by atoms with Gasteiger partial charge in [-0.15, -0.1) is 0 Å². The van der Waals surface area contributed by atoms with Gasteiger partial charge in [-0.25, -0.2) is 0 Å². The molecule has 7 nitrogen and oxygen atoms in total. The van der Waals surface area contributed by atoms with Crippen molar-refractivity contribution < 1.29 is 22.9 Å². The van der Waals surface area contributed by atoms with Crippen LogP contribution in [-0.2, 0) is 10.4 Å². The number of nitrogens with one attached hydrogen (secondary N) is 1. The van der Waals surface area contributed by atoms with Crippen LogP contribution in [0.4, 0.5) is 0 Å². The minimum absolute atomic E-state index is 0. The first-order chi connectivity index (χ1) is 3.41. The minimum atomic E-state index is -5.17. The van der Waals surface area contributed by atoms with Crippen LogP contribution in [0.25, 0.3) is 0 Å². The van der Waals surface area contributed by atoms with E-state index in [2.05, 4.69) is 0 Å². The summed E-state index contributed by atoms with van der Waals surface area (Å²) < 4.78 is 34.1. The molecule has 50 valence electrons. The molecule has 0 radical (unpaired) electrons. The standard InChI is InChI=1S/Ca.HNO2.H2O4S/c;2-1-3;1-5(2,3)4/h;1H;(H2,1,2,3,4)/q+2;;/p-2. The molecule has 0 aromatic carbocycles. The smallest absolute Gasteiger partial charge is 0.759 e. The Morgan fingerprint density at radius 3 is 1.22 bits per heavy atom. The van der Waals surface area contributed by atoms with Crippen molar-refractivity contribution in [3.05, 3.63) is 10.1 Å². The zero-order valence-corrected chi connectivity index (χ0v) is 7.09. The van der Waals surface area contributed by atoms with Gasteiger partial charge in [-0.1, -0.05) is 0 Å². The van der Waals surface area contributed by atoms with Crippen molar-refractivity contribution in [2.24, 2.45) is 0 Å². The van der Waals surface area contributed by atoms with Crippen molar-refractivity contribution in [1.29, 1.82) is 0 Å². The normalized spacial score (nSPS) is 7.78. The van der Waals surface area contributed by atoms with E-state index in [1.165, 1.54) is 0 Å². The quantitative estimate of drug-likeness (QED) is 0.137. The second-order valence-corrected chi connectivity index (χ2v) is 1.31. The fourth-order valence-corrected chi connectivity index (χ4v) is 0. The predicted octanol–water partition coefficient (Wildman–Crippen LogP) is -3.39. The summed E-state index contributed by atoms with van der Waals surface area (Å²) in [5.74, 6) is 0. The van der Waals surface area contributed by atoms with Gasteiger partial charge >= 0.3 is 37.7 Å². The molecule has 0 aliphatic heterocycles. The van der Waals surface area contributed by atoms with Crippen molar-refractivity contribution >= 4 is 48.1 Å². The topological polar surface area (TPSA) is 134 Å². The third kappa shape index (κ3) is 1300. The van der Waals surface area contributed by atoms with Gasteiger partial charge in [0.2, 0.25) is 0 Å². The van der Waals surface area contributed by atoms with E-state index in [1.807, 2.05) is 0 Å². The maximum atomic E-state index is 8.52. The summed E-state index contributed by atoms with van der Waals surface area (Å²) in [4.78, 5) is 8.12. The molecule has 0 atom stereocenters. The Balaban J connectivity index is -0.0000000800. The minimum Gasteiger partial charge on any atom is -0.759 e. The van der Waals surface area contributed by atoms with Gasteiger partial charge in [-0.05, 0) is 0 Å². The Morgan fingerprint density at radius 1 is 1.22 bits per heavy atom. The fraction of sp³-hybridized carbons (Fsp3) is 0. The first-order valence-electron chi connectivity index (χ1n) is 1.07. The van der Waals surface area contributed by atoms with Crippen LogP contribution in [0.2, 0.25) is 0 Å². The van der Waals surface area contributed by atoms with Gasteiger partial charge in [0.1, 0.15) is 0 Å². The molecule has 0 aromatic heterocycles. The molecule has 0 fully saturated rings. The molecule has 0 unspecified atom stereocenters. The third-order valence-electron chi connectivity index (χ3n) is 0. The Hall–Kier alpha value is 0.530. The molecule has 0 saturated heterocycles. The molecular weight excluding hydrogens is 182 g/mol. The van der Waals surface area contributed by atoms with Crippen molar-refractivity contribution in [1.82, 2.24) is 0 Å². The summed E-state index contributed by atoms with van der Waals surface area (Å²) >= 11 is 0. The van der Waals surface area contributed by atoms with E-state index >= 15 is 0 Å². The van der Waals surface area contributed by atoms with Crippen molar-refractivity contribution in [3.8, 4) is 0 Å². The van der Waals surface area contributed by atoms with Gasteiger partial charge in [0.05, 0.1) is 0 Å². The molecule has 0 aromatic rings. The molecule has 9 heavy (non-hydrogen) atoms. The van der Waals surface area contributed by atoms with E-state index in [9.17, 15) is 0 Å². The monoisotopic (exact) mass is 183 g/mol. The average molecular weight is 183 g/mol. The number of hydrogen-bond acceptors (Lipinski definition) is 6. The Kier molecular flexibility index (Phi) is 15.4. The van der Waals surface area contributed by atoms with Crippen LogP contribution in [0.5, 0.6) is 0 Å². The Morgan fingerprint density at radius 2 is 1.22 bits per heavy atom. The van der Waals surface area contributed by atoms with Crippen LogP contribution in [0.3, 0.4) is 0 Å². The number of rotatable bonds is 0. The van der Waals surface area contributed by atoms with E-state index < -0.39 is 10.4 Å². The largest absolute Gasteiger partial charge is 2.00 e. The van der Waals surface area contributed by atoms with Crippen LogP contribution < -0.4 is 5.34 Å².